The summed E-state index contributed by atoms with van der Waals surface area (Å²) in [4.78, 5) is 12.1. The molecule has 0 saturated carbocycles. The van der Waals surface area contributed by atoms with Gasteiger partial charge in [-0.2, -0.15) is 0 Å². The number of benzene rings is 2. The Morgan fingerprint density at radius 3 is 2.65 bits per heavy atom. The Kier molecular flexibility index (Phi) is 5.61. The number of halogens is 1. The van der Waals surface area contributed by atoms with E-state index in [1.54, 1.807) is 13.4 Å². The Labute approximate surface area is 162 Å². The van der Waals surface area contributed by atoms with Crippen molar-refractivity contribution in [3.05, 3.63) is 57.6 Å². The van der Waals surface area contributed by atoms with Gasteiger partial charge in [-0.05, 0) is 36.2 Å². The number of rotatable bonds is 5. The Morgan fingerprint density at radius 1 is 1.27 bits per heavy atom. The zero-order chi connectivity index (χ0) is 18.7. The van der Waals surface area contributed by atoms with E-state index in [2.05, 4.69) is 32.1 Å². The number of ether oxygens (including phenoxy) is 1. The molecule has 3 rings (SSSR count). The molecule has 0 saturated heterocycles. The predicted octanol–water partition coefficient (Wildman–Crippen LogP) is 4.85. The zero-order valence-electron chi connectivity index (χ0n) is 15.4. The van der Waals surface area contributed by atoms with Gasteiger partial charge in [0, 0.05) is 36.6 Å². The fraction of sp³-hybridized carbons (Fsp3) is 0.300. The quantitative estimate of drug-likeness (QED) is 0.517. The Bertz CT molecular complexity index is 845. The van der Waals surface area contributed by atoms with Crippen LogP contribution in [0.4, 0.5) is 5.69 Å². The third kappa shape index (κ3) is 4.07. The number of aliphatic imine (C=N–C) groups is 1. The molecular weight excluding hydrogens is 394 g/mol. The molecule has 2 aromatic rings. The van der Waals surface area contributed by atoms with E-state index in [0.29, 0.717) is 6.42 Å². The number of hydrogen-bond acceptors (Lipinski definition) is 4. The van der Waals surface area contributed by atoms with Gasteiger partial charge in [0.15, 0.2) is 6.10 Å². The van der Waals surface area contributed by atoms with Gasteiger partial charge in [-0.3, -0.25) is 0 Å². The van der Waals surface area contributed by atoms with Crippen molar-refractivity contribution in [2.24, 2.45) is 10.1 Å². The number of hydrogen-bond donors (Lipinski definition) is 0. The molecule has 6 heteroatoms. The van der Waals surface area contributed by atoms with Gasteiger partial charge in [-0.15, -0.1) is 0 Å². The summed E-state index contributed by atoms with van der Waals surface area (Å²) in [6.45, 7) is 2.04. The molecule has 0 spiro atoms. The second kappa shape index (κ2) is 7.91. The lowest BCUT2D eigenvalue weighted by Crippen LogP contribution is -2.07. The number of aryl methyl sites for hydroxylation is 1. The van der Waals surface area contributed by atoms with Gasteiger partial charge in [0.1, 0.15) is 5.75 Å². The SMILES string of the molecule is COc1cc(/N=C\N(C)C)c(C)cc1C1CC(c2ccc(Br)cc2)=NO1. The molecule has 1 heterocycles. The van der Waals surface area contributed by atoms with Crippen LogP contribution in [0, 0.1) is 6.92 Å². The lowest BCUT2D eigenvalue weighted by Gasteiger charge is -2.16. The molecule has 0 amide bonds. The minimum atomic E-state index is -0.158. The molecule has 0 radical (unpaired) electrons. The van der Waals surface area contributed by atoms with Crippen molar-refractivity contribution in [3.8, 4) is 5.75 Å². The van der Waals surface area contributed by atoms with E-state index >= 15 is 0 Å². The number of oxime groups is 1. The van der Waals surface area contributed by atoms with Crippen LogP contribution in [0.25, 0.3) is 0 Å². The fourth-order valence-electron chi connectivity index (χ4n) is 2.80. The zero-order valence-corrected chi connectivity index (χ0v) is 16.9. The van der Waals surface area contributed by atoms with E-state index in [1.807, 2.05) is 56.3 Å². The molecule has 0 aromatic heterocycles. The van der Waals surface area contributed by atoms with Gasteiger partial charge in [0.25, 0.3) is 0 Å². The largest absolute Gasteiger partial charge is 0.496 e. The van der Waals surface area contributed by atoms with Crippen LogP contribution in [-0.2, 0) is 4.84 Å². The molecule has 1 atom stereocenters. The Balaban J connectivity index is 1.84. The molecule has 0 fully saturated rings. The van der Waals surface area contributed by atoms with Crippen LogP contribution in [0.1, 0.15) is 29.2 Å². The van der Waals surface area contributed by atoms with Crippen molar-refractivity contribution in [2.45, 2.75) is 19.4 Å². The van der Waals surface area contributed by atoms with E-state index in [4.69, 9.17) is 9.57 Å². The first-order chi connectivity index (χ1) is 12.5. The first kappa shape index (κ1) is 18.5. The van der Waals surface area contributed by atoms with Crippen LogP contribution in [0.3, 0.4) is 0 Å². The van der Waals surface area contributed by atoms with Crippen LogP contribution in [0.5, 0.6) is 5.75 Å². The minimum Gasteiger partial charge on any atom is -0.496 e. The highest BCUT2D eigenvalue weighted by atomic mass is 79.9. The van der Waals surface area contributed by atoms with Crippen LogP contribution in [0.15, 0.2) is 51.0 Å². The molecule has 1 aliphatic heterocycles. The summed E-state index contributed by atoms with van der Waals surface area (Å²) in [5, 5.41) is 4.29. The summed E-state index contributed by atoms with van der Waals surface area (Å²) < 4.78 is 6.64. The van der Waals surface area contributed by atoms with E-state index < -0.39 is 0 Å². The van der Waals surface area contributed by atoms with Crippen molar-refractivity contribution >= 4 is 33.7 Å². The lowest BCUT2D eigenvalue weighted by atomic mass is 9.97. The van der Waals surface area contributed by atoms with E-state index in [-0.39, 0.29) is 6.10 Å². The van der Waals surface area contributed by atoms with Crippen molar-refractivity contribution in [1.82, 2.24) is 4.90 Å². The Hall–Kier alpha value is -2.34. The third-order valence-electron chi connectivity index (χ3n) is 4.17. The van der Waals surface area contributed by atoms with E-state index in [0.717, 1.165) is 38.3 Å². The van der Waals surface area contributed by atoms with Crippen LogP contribution in [-0.4, -0.2) is 38.2 Å². The van der Waals surface area contributed by atoms with E-state index in [9.17, 15) is 0 Å². The average molecular weight is 416 g/mol. The fourth-order valence-corrected chi connectivity index (χ4v) is 3.07. The summed E-state index contributed by atoms with van der Waals surface area (Å²) in [6.07, 6.45) is 2.33. The molecule has 1 aliphatic rings. The summed E-state index contributed by atoms with van der Waals surface area (Å²) in [6, 6.07) is 12.1. The maximum absolute atomic E-state index is 5.72. The standard InChI is InChI=1S/C20H22BrN3O2/c1-13-9-16(19(25-4)10-17(13)22-12-24(2)3)20-11-18(23-26-20)14-5-7-15(21)8-6-14/h5-10,12,20H,11H2,1-4H3/b22-12-. The molecule has 0 aliphatic carbocycles. The van der Waals surface area contributed by atoms with Crippen molar-refractivity contribution < 1.29 is 9.57 Å². The maximum atomic E-state index is 5.72. The molecule has 2 aromatic carbocycles. The molecule has 136 valence electrons. The van der Waals surface area contributed by atoms with Crippen LogP contribution in [0.2, 0.25) is 0 Å². The highest BCUT2D eigenvalue weighted by molar-refractivity contribution is 9.10. The van der Waals surface area contributed by atoms with Crippen LogP contribution >= 0.6 is 15.9 Å². The average Bonchev–Trinajstić information content (AvgIpc) is 3.10. The van der Waals surface area contributed by atoms with Crippen LogP contribution < -0.4 is 4.74 Å². The Morgan fingerprint density at radius 2 is 2.00 bits per heavy atom. The number of nitrogens with zero attached hydrogens (tertiary/aromatic N) is 3. The maximum Gasteiger partial charge on any atom is 0.161 e. The van der Waals surface area contributed by atoms with Crippen molar-refractivity contribution in [2.75, 3.05) is 21.2 Å². The van der Waals surface area contributed by atoms with Gasteiger partial charge >= 0.3 is 0 Å². The highest BCUT2D eigenvalue weighted by Crippen LogP contribution is 2.38. The van der Waals surface area contributed by atoms with E-state index in [1.165, 1.54) is 0 Å². The smallest absolute Gasteiger partial charge is 0.161 e. The molecule has 1 unspecified atom stereocenters. The van der Waals surface area contributed by atoms with Crippen molar-refractivity contribution in [1.29, 1.82) is 0 Å². The first-order valence-electron chi connectivity index (χ1n) is 8.35. The number of methoxy groups -OCH3 is 1. The molecule has 0 bridgehead atoms. The topological polar surface area (TPSA) is 46.4 Å². The molecule has 5 nitrogen and oxygen atoms in total. The summed E-state index contributed by atoms with van der Waals surface area (Å²) in [5.74, 6) is 0.763. The predicted molar refractivity (Wildman–Crippen MR) is 109 cm³/mol. The second-order valence-electron chi connectivity index (χ2n) is 6.43. The van der Waals surface area contributed by atoms with Gasteiger partial charge in [-0.25, -0.2) is 4.99 Å². The van der Waals surface area contributed by atoms with Gasteiger partial charge < -0.3 is 14.5 Å². The summed E-state index contributed by atoms with van der Waals surface area (Å²) in [5.41, 5.74) is 4.95. The van der Waals surface area contributed by atoms with Gasteiger partial charge in [0.2, 0.25) is 0 Å². The van der Waals surface area contributed by atoms with Gasteiger partial charge in [-0.1, -0.05) is 33.2 Å². The summed E-state index contributed by atoms with van der Waals surface area (Å²) >= 11 is 3.46. The van der Waals surface area contributed by atoms with Gasteiger partial charge in [0.05, 0.1) is 24.8 Å². The lowest BCUT2D eigenvalue weighted by molar-refractivity contribution is 0.0836. The molecule has 26 heavy (non-hydrogen) atoms. The third-order valence-corrected chi connectivity index (χ3v) is 4.70. The first-order valence-corrected chi connectivity index (χ1v) is 9.15. The monoisotopic (exact) mass is 415 g/mol. The summed E-state index contributed by atoms with van der Waals surface area (Å²) in [7, 11) is 5.55. The minimum absolute atomic E-state index is 0.158. The second-order valence-corrected chi connectivity index (χ2v) is 7.35. The van der Waals surface area contributed by atoms with Crippen molar-refractivity contribution in [3.63, 3.8) is 0 Å². The molecular formula is C20H22BrN3O2. The molecule has 0 N–H and O–H groups in total. The normalized spacial score (nSPS) is 16.5. The highest BCUT2D eigenvalue weighted by Gasteiger charge is 2.27.